The predicted octanol–water partition coefficient (Wildman–Crippen LogP) is 3.24. The molecule has 0 radical (unpaired) electrons. The lowest BCUT2D eigenvalue weighted by molar-refractivity contribution is 1.19. The quantitative estimate of drug-likeness (QED) is 0.668. The topological polar surface area (TPSA) is 36.1 Å². The monoisotopic (exact) mass is 218 g/mol. The van der Waals surface area contributed by atoms with Crippen molar-refractivity contribution in [2.45, 2.75) is 6.42 Å². The first-order valence-corrected chi connectivity index (χ1v) is 5.53. The number of benzene rings is 2. The molecule has 3 rings (SSSR count). The molecule has 1 aliphatic heterocycles. The second kappa shape index (κ2) is 3.88. The minimum atomic E-state index is 0.505. The molecule has 0 fully saturated rings. The summed E-state index contributed by atoms with van der Waals surface area (Å²) in [6.45, 7) is 0. The van der Waals surface area contributed by atoms with E-state index in [1.807, 2.05) is 36.4 Å². The Morgan fingerprint density at radius 2 is 1.65 bits per heavy atom. The van der Waals surface area contributed by atoms with E-state index in [2.05, 4.69) is 23.2 Å². The zero-order chi connectivity index (χ0) is 11.7. The van der Waals surface area contributed by atoms with Gasteiger partial charge in [0.1, 0.15) is 11.8 Å². The average Bonchev–Trinajstić information content (AvgIpc) is 2.54. The first kappa shape index (κ1) is 9.80. The summed E-state index contributed by atoms with van der Waals surface area (Å²) in [4.78, 5) is 4.45. The van der Waals surface area contributed by atoms with Crippen LogP contribution in [0.4, 0.5) is 5.69 Å². The number of rotatable bonds is 0. The van der Waals surface area contributed by atoms with Crippen LogP contribution in [0.2, 0.25) is 0 Å². The lowest BCUT2D eigenvalue weighted by Gasteiger charge is -2.04. The summed E-state index contributed by atoms with van der Waals surface area (Å²) in [7, 11) is 0. The molecule has 2 heteroatoms. The molecule has 0 saturated carbocycles. The van der Waals surface area contributed by atoms with E-state index in [9.17, 15) is 5.26 Å². The highest BCUT2D eigenvalue weighted by Gasteiger charge is 2.15. The maximum absolute atomic E-state index is 9.21. The van der Waals surface area contributed by atoms with Crippen LogP contribution >= 0.6 is 0 Å². The van der Waals surface area contributed by atoms with E-state index in [-0.39, 0.29) is 0 Å². The summed E-state index contributed by atoms with van der Waals surface area (Å²) in [6, 6.07) is 18.1. The normalized spacial score (nSPS) is 12.8. The van der Waals surface area contributed by atoms with E-state index in [1.165, 1.54) is 5.56 Å². The molecule has 0 unspecified atom stereocenters. The largest absolute Gasteiger partial charge is 0.237 e. The lowest BCUT2D eigenvalue weighted by Crippen LogP contribution is -1.99. The van der Waals surface area contributed by atoms with Crippen LogP contribution in [0.15, 0.2) is 53.5 Å². The van der Waals surface area contributed by atoms with Crippen molar-refractivity contribution >= 4 is 11.4 Å². The maximum atomic E-state index is 9.21. The molecule has 2 nitrogen and oxygen atoms in total. The molecular formula is C15H10N2. The van der Waals surface area contributed by atoms with E-state index >= 15 is 0 Å². The lowest BCUT2D eigenvalue weighted by atomic mass is 9.98. The van der Waals surface area contributed by atoms with Gasteiger partial charge in [-0.25, -0.2) is 4.99 Å². The third kappa shape index (κ3) is 1.62. The SMILES string of the molecule is N#CC1=Nc2ccccc2Cc2ccccc21. The van der Waals surface area contributed by atoms with Crippen LogP contribution in [0.5, 0.6) is 0 Å². The Morgan fingerprint density at radius 1 is 0.941 bits per heavy atom. The van der Waals surface area contributed by atoms with Crippen molar-refractivity contribution < 1.29 is 0 Å². The molecule has 0 aliphatic carbocycles. The summed E-state index contributed by atoms with van der Waals surface area (Å²) in [6.07, 6.45) is 0.834. The number of nitrogens with zero attached hydrogens (tertiary/aromatic N) is 2. The smallest absolute Gasteiger partial charge is 0.148 e. The number of nitriles is 1. The second-order valence-electron chi connectivity index (χ2n) is 4.03. The molecule has 0 spiro atoms. The fourth-order valence-electron chi connectivity index (χ4n) is 2.15. The van der Waals surface area contributed by atoms with Crippen LogP contribution in [0.25, 0.3) is 0 Å². The van der Waals surface area contributed by atoms with Crippen molar-refractivity contribution in [2.75, 3.05) is 0 Å². The highest BCUT2D eigenvalue weighted by atomic mass is 14.8. The van der Waals surface area contributed by atoms with Gasteiger partial charge in [0.25, 0.3) is 0 Å². The number of hydrogen-bond donors (Lipinski definition) is 0. The number of fused-ring (bicyclic) bond motifs is 2. The summed E-state index contributed by atoms with van der Waals surface area (Å²) < 4.78 is 0. The standard InChI is InChI=1S/C15H10N2/c16-10-15-13-7-3-1-5-11(13)9-12-6-2-4-8-14(12)17-15/h1-8H,9H2. The van der Waals surface area contributed by atoms with Crippen molar-refractivity contribution in [3.05, 3.63) is 65.2 Å². The number of para-hydroxylation sites is 1. The molecule has 1 aliphatic rings. The van der Waals surface area contributed by atoms with Crippen molar-refractivity contribution in [3.8, 4) is 6.07 Å². The third-order valence-electron chi connectivity index (χ3n) is 2.98. The molecule has 0 amide bonds. The van der Waals surface area contributed by atoms with Gasteiger partial charge in [0.15, 0.2) is 0 Å². The van der Waals surface area contributed by atoms with Crippen molar-refractivity contribution in [1.82, 2.24) is 0 Å². The van der Waals surface area contributed by atoms with Crippen molar-refractivity contribution in [3.63, 3.8) is 0 Å². The van der Waals surface area contributed by atoms with Crippen LogP contribution < -0.4 is 0 Å². The zero-order valence-corrected chi connectivity index (χ0v) is 9.22. The van der Waals surface area contributed by atoms with Crippen LogP contribution in [0, 0.1) is 11.3 Å². The van der Waals surface area contributed by atoms with Gasteiger partial charge in [0.05, 0.1) is 5.69 Å². The summed E-state index contributed by atoms with van der Waals surface area (Å²) in [5, 5.41) is 9.21. The zero-order valence-electron chi connectivity index (χ0n) is 9.22. The minimum Gasteiger partial charge on any atom is -0.237 e. The van der Waals surface area contributed by atoms with Crippen LogP contribution in [0.3, 0.4) is 0 Å². The highest BCUT2D eigenvalue weighted by Crippen LogP contribution is 2.28. The van der Waals surface area contributed by atoms with Gasteiger partial charge < -0.3 is 0 Å². The Kier molecular flexibility index (Phi) is 2.23. The Labute approximate surface area is 99.9 Å². The van der Waals surface area contributed by atoms with Crippen LogP contribution in [-0.4, -0.2) is 5.71 Å². The minimum absolute atomic E-state index is 0.505. The molecule has 80 valence electrons. The molecule has 2 aromatic rings. The van der Waals surface area contributed by atoms with Crippen molar-refractivity contribution in [2.24, 2.45) is 4.99 Å². The molecule has 0 saturated heterocycles. The highest BCUT2D eigenvalue weighted by molar-refractivity contribution is 6.14. The van der Waals surface area contributed by atoms with E-state index in [4.69, 9.17) is 0 Å². The molecule has 0 aromatic heterocycles. The van der Waals surface area contributed by atoms with E-state index in [0.29, 0.717) is 5.71 Å². The molecule has 17 heavy (non-hydrogen) atoms. The van der Waals surface area contributed by atoms with Crippen LogP contribution in [0.1, 0.15) is 16.7 Å². The van der Waals surface area contributed by atoms with Crippen LogP contribution in [-0.2, 0) is 6.42 Å². The Morgan fingerprint density at radius 3 is 2.47 bits per heavy atom. The van der Waals surface area contributed by atoms with Gasteiger partial charge in [-0.15, -0.1) is 0 Å². The summed E-state index contributed by atoms with van der Waals surface area (Å²) >= 11 is 0. The molecule has 1 heterocycles. The van der Waals surface area contributed by atoms with Gasteiger partial charge in [-0.05, 0) is 17.2 Å². The average molecular weight is 218 g/mol. The van der Waals surface area contributed by atoms with E-state index < -0.39 is 0 Å². The Bertz CT molecular complexity index is 648. The van der Waals surface area contributed by atoms with Gasteiger partial charge in [0.2, 0.25) is 0 Å². The van der Waals surface area contributed by atoms with Gasteiger partial charge in [-0.3, -0.25) is 0 Å². The van der Waals surface area contributed by atoms with E-state index in [1.54, 1.807) is 0 Å². The Balaban J connectivity index is 2.29. The Hall–Kier alpha value is -2.40. The molecule has 2 aromatic carbocycles. The molecule has 0 atom stereocenters. The maximum Gasteiger partial charge on any atom is 0.148 e. The molecule has 0 bridgehead atoms. The number of hydrogen-bond acceptors (Lipinski definition) is 2. The molecule has 0 N–H and O–H groups in total. The predicted molar refractivity (Wildman–Crippen MR) is 67.5 cm³/mol. The van der Waals surface area contributed by atoms with Gasteiger partial charge in [0, 0.05) is 12.0 Å². The fourth-order valence-corrected chi connectivity index (χ4v) is 2.15. The van der Waals surface area contributed by atoms with Crippen molar-refractivity contribution in [1.29, 1.82) is 5.26 Å². The number of aliphatic imine (C=N–C) groups is 1. The second-order valence-corrected chi connectivity index (χ2v) is 4.03. The van der Waals surface area contributed by atoms with Gasteiger partial charge in [-0.2, -0.15) is 5.26 Å². The first-order valence-electron chi connectivity index (χ1n) is 5.53. The third-order valence-corrected chi connectivity index (χ3v) is 2.98. The van der Waals surface area contributed by atoms with E-state index in [0.717, 1.165) is 23.2 Å². The molecular weight excluding hydrogens is 208 g/mol. The summed E-state index contributed by atoms with van der Waals surface area (Å²) in [5.74, 6) is 0. The van der Waals surface area contributed by atoms with Gasteiger partial charge >= 0.3 is 0 Å². The first-order chi connectivity index (χ1) is 8.38. The van der Waals surface area contributed by atoms with Gasteiger partial charge in [-0.1, -0.05) is 42.5 Å². The fraction of sp³-hybridized carbons (Fsp3) is 0.0667. The summed E-state index contributed by atoms with van der Waals surface area (Å²) in [5.41, 5.74) is 4.69.